The molecule has 0 aliphatic rings. The lowest BCUT2D eigenvalue weighted by Crippen LogP contribution is -2.04. The van der Waals surface area contributed by atoms with Crippen LogP contribution in [-0.4, -0.2) is 12.2 Å². The van der Waals surface area contributed by atoms with E-state index in [1.54, 1.807) is 7.11 Å². The van der Waals surface area contributed by atoms with Crippen molar-refractivity contribution in [1.29, 1.82) is 0 Å². The van der Waals surface area contributed by atoms with Gasteiger partial charge in [-0.1, -0.05) is 22.9 Å². The van der Waals surface area contributed by atoms with Crippen molar-refractivity contribution < 1.29 is 9.84 Å². The minimum atomic E-state index is -0.462. The van der Waals surface area contributed by atoms with Crippen molar-refractivity contribution in [2.45, 2.75) is 33.3 Å². The monoisotopic (exact) mass is 272 g/mol. The van der Waals surface area contributed by atoms with Crippen molar-refractivity contribution in [1.82, 2.24) is 0 Å². The highest BCUT2D eigenvalue weighted by atomic mass is 79.9. The van der Waals surface area contributed by atoms with Gasteiger partial charge in [0.2, 0.25) is 0 Å². The zero-order chi connectivity index (χ0) is 11.6. The van der Waals surface area contributed by atoms with E-state index in [0.717, 1.165) is 26.9 Å². The fourth-order valence-corrected chi connectivity index (χ4v) is 2.31. The first-order chi connectivity index (χ1) is 7.02. The first kappa shape index (κ1) is 12.5. The Morgan fingerprint density at radius 1 is 1.47 bits per heavy atom. The second-order valence-corrected chi connectivity index (χ2v) is 4.53. The number of halogens is 1. The zero-order valence-corrected chi connectivity index (χ0v) is 11.2. The van der Waals surface area contributed by atoms with Crippen LogP contribution in [0.25, 0.3) is 0 Å². The van der Waals surface area contributed by atoms with Gasteiger partial charge in [0.25, 0.3) is 0 Å². The van der Waals surface area contributed by atoms with Gasteiger partial charge in [-0.05, 0) is 37.5 Å². The topological polar surface area (TPSA) is 29.5 Å². The fraction of sp³-hybridized carbons (Fsp3) is 0.500. The van der Waals surface area contributed by atoms with Crippen molar-refractivity contribution >= 4 is 15.9 Å². The van der Waals surface area contributed by atoms with E-state index in [2.05, 4.69) is 15.9 Å². The number of aryl methyl sites for hydroxylation is 1. The van der Waals surface area contributed by atoms with Crippen molar-refractivity contribution in [3.05, 3.63) is 27.2 Å². The van der Waals surface area contributed by atoms with E-state index in [0.29, 0.717) is 6.42 Å². The Bertz CT molecular complexity index is 361. The van der Waals surface area contributed by atoms with Gasteiger partial charge in [-0.25, -0.2) is 0 Å². The number of aliphatic hydroxyl groups is 1. The number of aliphatic hydroxyl groups excluding tert-OH is 1. The minimum absolute atomic E-state index is 0.462. The molecule has 0 spiro atoms. The highest BCUT2D eigenvalue weighted by Crippen LogP contribution is 2.37. The second kappa shape index (κ2) is 4.99. The first-order valence-electron chi connectivity index (χ1n) is 5.04. The summed E-state index contributed by atoms with van der Waals surface area (Å²) in [6.45, 7) is 5.93. The summed E-state index contributed by atoms with van der Waals surface area (Å²) < 4.78 is 6.37. The smallest absolute Gasteiger partial charge is 0.127 e. The van der Waals surface area contributed by atoms with Crippen LogP contribution in [-0.2, 0) is 0 Å². The predicted molar refractivity (Wildman–Crippen MR) is 65.4 cm³/mol. The lowest BCUT2D eigenvalue weighted by molar-refractivity contribution is 0.168. The molecule has 1 aromatic rings. The van der Waals surface area contributed by atoms with Crippen LogP contribution >= 0.6 is 15.9 Å². The first-order valence-corrected chi connectivity index (χ1v) is 5.83. The van der Waals surface area contributed by atoms with Crippen LogP contribution in [0.2, 0.25) is 0 Å². The largest absolute Gasteiger partial charge is 0.496 e. The SMILES string of the molecule is CC[C@H](O)c1c(C)c(Br)cc(C)c1OC. The quantitative estimate of drug-likeness (QED) is 0.913. The maximum Gasteiger partial charge on any atom is 0.127 e. The molecule has 0 aliphatic carbocycles. The van der Waals surface area contributed by atoms with Crippen molar-refractivity contribution in [3.63, 3.8) is 0 Å². The molecule has 0 unspecified atom stereocenters. The van der Waals surface area contributed by atoms with Crippen LogP contribution in [0.4, 0.5) is 0 Å². The van der Waals surface area contributed by atoms with Gasteiger partial charge in [0.15, 0.2) is 0 Å². The molecule has 0 fully saturated rings. The summed E-state index contributed by atoms with van der Waals surface area (Å²) in [4.78, 5) is 0. The highest BCUT2D eigenvalue weighted by molar-refractivity contribution is 9.10. The molecule has 0 aliphatic heterocycles. The Morgan fingerprint density at radius 2 is 2.07 bits per heavy atom. The molecule has 84 valence electrons. The third-order valence-corrected chi connectivity index (χ3v) is 3.46. The van der Waals surface area contributed by atoms with Crippen LogP contribution in [0.5, 0.6) is 5.75 Å². The molecule has 1 aromatic carbocycles. The molecule has 1 atom stereocenters. The Kier molecular flexibility index (Phi) is 4.17. The average Bonchev–Trinajstić information content (AvgIpc) is 2.21. The van der Waals surface area contributed by atoms with E-state index in [1.807, 2.05) is 26.8 Å². The van der Waals surface area contributed by atoms with Gasteiger partial charge in [0.05, 0.1) is 13.2 Å². The summed E-state index contributed by atoms with van der Waals surface area (Å²) in [5, 5.41) is 9.97. The summed E-state index contributed by atoms with van der Waals surface area (Å²) in [7, 11) is 1.64. The maximum absolute atomic E-state index is 9.97. The molecule has 0 heterocycles. The molecule has 15 heavy (non-hydrogen) atoms. The molecular formula is C12H17BrO2. The number of methoxy groups -OCH3 is 1. The molecule has 0 radical (unpaired) electrons. The Hall–Kier alpha value is -0.540. The van der Waals surface area contributed by atoms with Crippen LogP contribution in [0.1, 0.15) is 36.1 Å². The standard InChI is InChI=1S/C12H17BrO2/c1-5-10(14)11-8(3)9(13)6-7(2)12(11)15-4/h6,10,14H,5H2,1-4H3/t10-/m0/s1. The van der Waals surface area contributed by atoms with Crippen LogP contribution in [0.3, 0.4) is 0 Å². The summed E-state index contributed by atoms with van der Waals surface area (Å²) in [5.74, 6) is 0.796. The van der Waals surface area contributed by atoms with Crippen LogP contribution in [0.15, 0.2) is 10.5 Å². The van der Waals surface area contributed by atoms with Crippen molar-refractivity contribution in [3.8, 4) is 5.75 Å². The second-order valence-electron chi connectivity index (χ2n) is 3.67. The predicted octanol–water partition coefficient (Wildman–Crippen LogP) is 3.52. The number of hydrogen-bond acceptors (Lipinski definition) is 2. The summed E-state index contributed by atoms with van der Waals surface area (Å²) >= 11 is 3.49. The van der Waals surface area contributed by atoms with Gasteiger partial charge < -0.3 is 9.84 Å². The van der Waals surface area contributed by atoms with E-state index in [4.69, 9.17) is 4.74 Å². The van der Waals surface area contributed by atoms with Gasteiger partial charge in [-0.2, -0.15) is 0 Å². The molecule has 0 aromatic heterocycles. The number of hydrogen-bond donors (Lipinski definition) is 1. The van der Waals surface area contributed by atoms with Crippen LogP contribution < -0.4 is 4.74 Å². The Morgan fingerprint density at radius 3 is 2.53 bits per heavy atom. The van der Waals surface area contributed by atoms with Crippen molar-refractivity contribution in [2.75, 3.05) is 7.11 Å². The van der Waals surface area contributed by atoms with E-state index >= 15 is 0 Å². The Labute approximate surface area is 99.4 Å². The van der Waals surface area contributed by atoms with E-state index in [9.17, 15) is 5.11 Å². The molecule has 1 N–H and O–H groups in total. The lowest BCUT2D eigenvalue weighted by atomic mass is 9.97. The number of ether oxygens (including phenoxy) is 1. The lowest BCUT2D eigenvalue weighted by Gasteiger charge is -2.19. The summed E-state index contributed by atoms with van der Waals surface area (Å²) in [6.07, 6.45) is 0.226. The molecular weight excluding hydrogens is 256 g/mol. The molecule has 0 saturated carbocycles. The highest BCUT2D eigenvalue weighted by Gasteiger charge is 2.18. The number of benzene rings is 1. The summed E-state index contributed by atoms with van der Waals surface area (Å²) in [5.41, 5.74) is 2.98. The van der Waals surface area contributed by atoms with Gasteiger partial charge >= 0.3 is 0 Å². The molecule has 3 heteroatoms. The van der Waals surface area contributed by atoms with Gasteiger partial charge in [0, 0.05) is 10.0 Å². The minimum Gasteiger partial charge on any atom is -0.496 e. The maximum atomic E-state index is 9.97. The van der Waals surface area contributed by atoms with Gasteiger partial charge in [-0.15, -0.1) is 0 Å². The van der Waals surface area contributed by atoms with Crippen LogP contribution in [0, 0.1) is 13.8 Å². The van der Waals surface area contributed by atoms with Gasteiger partial charge in [-0.3, -0.25) is 0 Å². The molecule has 2 nitrogen and oxygen atoms in total. The molecule has 0 bridgehead atoms. The molecule has 0 amide bonds. The van der Waals surface area contributed by atoms with Gasteiger partial charge in [0.1, 0.15) is 5.75 Å². The van der Waals surface area contributed by atoms with Crippen molar-refractivity contribution in [2.24, 2.45) is 0 Å². The Balaban J connectivity index is 3.43. The third kappa shape index (κ3) is 2.34. The average molecular weight is 273 g/mol. The summed E-state index contributed by atoms with van der Waals surface area (Å²) in [6, 6.07) is 2.01. The number of rotatable bonds is 3. The zero-order valence-electron chi connectivity index (χ0n) is 9.60. The van der Waals surface area contributed by atoms with E-state index in [-0.39, 0.29) is 0 Å². The van der Waals surface area contributed by atoms with E-state index in [1.165, 1.54) is 0 Å². The molecule has 1 rings (SSSR count). The normalized spacial score (nSPS) is 12.7. The van der Waals surface area contributed by atoms with E-state index < -0.39 is 6.10 Å². The molecule has 0 saturated heterocycles. The third-order valence-electron chi connectivity index (χ3n) is 2.63. The fourth-order valence-electron chi connectivity index (χ4n) is 1.75.